The van der Waals surface area contributed by atoms with Gasteiger partial charge in [-0.3, -0.25) is 14.6 Å². The summed E-state index contributed by atoms with van der Waals surface area (Å²) in [6.07, 6.45) is 2.34. The molecule has 24 heavy (non-hydrogen) atoms. The van der Waals surface area contributed by atoms with Crippen molar-refractivity contribution in [2.45, 2.75) is 18.9 Å². The third-order valence-corrected chi connectivity index (χ3v) is 3.86. The van der Waals surface area contributed by atoms with E-state index in [1.807, 2.05) is 48.5 Å². The predicted octanol–water partition coefficient (Wildman–Crippen LogP) is 1.90. The molecule has 0 radical (unpaired) electrons. The minimum absolute atomic E-state index is 0.0871. The van der Waals surface area contributed by atoms with Crippen LogP contribution in [0.15, 0.2) is 59.8 Å². The van der Waals surface area contributed by atoms with E-state index in [9.17, 15) is 9.59 Å². The largest absolute Gasteiger partial charge is 0.338 e. The Balaban J connectivity index is 1.86. The number of nitrogens with zero attached hydrogens (tertiary/aromatic N) is 3. The number of hydrazone groups is 1. The van der Waals surface area contributed by atoms with Gasteiger partial charge in [-0.1, -0.05) is 36.4 Å². The number of nitrogens with one attached hydrogen (secondary N) is 1. The van der Waals surface area contributed by atoms with E-state index in [0.717, 1.165) is 11.3 Å². The lowest BCUT2D eigenvalue weighted by molar-refractivity contribution is -0.130. The lowest BCUT2D eigenvalue weighted by atomic mass is 10.0. The summed E-state index contributed by atoms with van der Waals surface area (Å²) in [4.78, 5) is 28.5. The molecule has 1 N–H and O–H groups in total. The van der Waals surface area contributed by atoms with Crippen LogP contribution in [0.3, 0.4) is 0 Å². The van der Waals surface area contributed by atoms with Crippen LogP contribution >= 0.6 is 0 Å². The Morgan fingerprint density at radius 3 is 2.54 bits per heavy atom. The summed E-state index contributed by atoms with van der Waals surface area (Å²) < 4.78 is 0. The molecule has 1 aliphatic heterocycles. The summed E-state index contributed by atoms with van der Waals surface area (Å²) in [5.41, 5.74) is 2.04. The highest BCUT2D eigenvalue weighted by atomic mass is 16.2. The zero-order chi connectivity index (χ0) is 16.9. The molecule has 2 aromatic rings. The lowest BCUT2D eigenvalue weighted by Gasteiger charge is -2.22. The maximum Gasteiger partial charge on any atom is 0.268 e. The summed E-state index contributed by atoms with van der Waals surface area (Å²) in [5, 5.41) is 8.28. The minimum Gasteiger partial charge on any atom is -0.338 e. The lowest BCUT2D eigenvalue weighted by Crippen LogP contribution is -2.39. The van der Waals surface area contributed by atoms with Crippen LogP contribution in [0.1, 0.15) is 30.1 Å². The van der Waals surface area contributed by atoms with Gasteiger partial charge in [0.2, 0.25) is 5.91 Å². The molecule has 3 rings (SSSR count). The second-order valence-corrected chi connectivity index (χ2v) is 5.54. The van der Waals surface area contributed by atoms with Crippen LogP contribution in [0, 0.1) is 0 Å². The molecule has 0 saturated carbocycles. The van der Waals surface area contributed by atoms with Crippen LogP contribution in [0.5, 0.6) is 0 Å². The van der Waals surface area contributed by atoms with Gasteiger partial charge in [0.05, 0.1) is 11.7 Å². The van der Waals surface area contributed by atoms with Crippen LogP contribution in [0.4, 0.5) is 0 Å². The molecule has 0 spiro atoms. The number of benzene rings is 1. The molecule has 0 fully saturated rings. The van der Waals surface area contributed by atoms with Crippen LogP contribution in [-0.4, -0.2) is 34.6 Å². The second-order valence-electron chi connectivity index (χ2n) is 5.54. The van der Waals surface area contributed by atoms with Crippen molar-refractivity contribution in [2.24, 2.45) is 5.10 Å². The summed E-state index contributed by atoms with van der Waals surface area (Å²) in [6.45, 7) is 0. The van der Waals surface area contributed by atoms with Crippen LogP contribution in [-0.2, 0) is 9.59 Å². The molecular formula is C18H18N4O2. The van der Waals surface area contributed by atoms with E-state index in [2.05, 4.69) is 15.4 Å². The molecule has 0 bridgehead atoms. The van der Waals surface area contributed by atoms with Crippen molar-refractivity contribution < 1.29 is 9.59 Å². The Morgan fingerprint density at radius 1 is 1.12 bits per heavy atom. The fourth-order valence-electron chi connectivity index (χ4n) is 2.57. The highest BCUT2D eigenvalue weighted by molar-refractivity contribution is 6.39. The quantitative estimate of drug-likeness (QED) is 0.934. The number of carbonyl (C=O) groups excluding carboxylic acids is 2. The Hall–Kier alpha value is -3.02. The van der Waals surface area contributed by atoms with Gasteiger partial charge in [-0.25, -0.2) is 5.01 Å². The average molecular weight is 322 g/mol. The first-order chi connectivity index (χ1) is 11.6. The summed E-state index contributed by atoms with van der Waals surface area (Å²) >= 11 is 0. The normalized spacial score (nSPS) is 15.6. The van der Waals surface area contributed by atoms with Gasteiger partial charge in [0.25, 0.3) is 5.91 Å². The van der Waals surface area contributed by atoms with Gasteiger partial charge in [-0.2, -0.15) is 5.10 Å². The molecule has 1 atom stereocenters. The van der Waals surface area contributed by atoms with Gasteiger partial charge in [0.15, 0.2) is 0 Å². The van der Waals surface area contributed by atoms with Gasteiger partial charge in [-0.15, -0.1) is 0 Å². The van der Waals surface area contributed by atoms with Crippen molar-refractivity contribution in [1.82, 2.24) is 15.3 Å². The van der Waals surface area contributed by atoms with Crippen molar-refractivity contribution in [3.63, 3.8) is 0 Å². The number of aromatic nitrogens is 1. The van der Waals surface area contributed by atoms with E-state index in [0.29, 0.717) is 18.6 Å². The monoisotopic (exact) mass is 322 g/mol. The fraction of sp³-hybridized carbons (Fsp3) is 0.222. The van der Waals surface area contributed by atoms with E-state index in [1.165, 1.54) is 5.01 Å². The molecule has 0 aliphatic carbocycles. The van der Waals surface area contributed by atoms with E-state index in [4.69, 9.17) is 0 Å². The number of rotatable bonds is 4. The second kappa shape index (κ2) is 7.04. The third-order valence-electron chi connectivity index (χ3n) is 3.86. The first kappa shape index (κ1) is 15.9. The highest BCUT2D eigenvalue weighted by Crippen LogP contribution is 2.20. The molecule has 122 valence electrons. The van der Waals surface area contributed by atoms with Crippen molar-refractivity contribution in [3.05, 3.63) is 66.0 Å². The van der Waals surface area contributed by atoms with Gasteiger partial charge in [0.1, 0.15) is 5.71 Å². The SMILES string of the molecule is CN1N=C(C(=O)N[C@H](c2ccccc2)c2ccccn2)CCC1=O. The molecule has 6 nitrogen and oxygen atoms in total. The first-order valence-electron chi connectivity index (χ1n) is 7.76. The van der Waals surface area contributed by atoms with Crippen molar-refractivity contribution in [3.8, 4) is 0 Å². The van der Waals surface area contributed by atoms with Gasteiger partial charge >= 0.3 is 0 Å². The predicted molar refractivity (Wildman–Crippen MR) is 90.1 cm³/mol. The number of pyridine rings is 1. The number of carbonyl (C=O) groups is 2. The highest BCUT2D eigenvalue weighted by Gasteiger charge is 2.25. The maximum atomic E-state index is 12.6. The average Bonchev–Trinajstić information content (AvgIpc) is 2.63. The fourth-order valence-corrected chi connectivity index (χ4v) is 2.57. The maximum absolute atomic E-state index is 12.6. The topological polar surface area (TPSA) is 74.7 Å². The Morgan fingerprint density at radius 2 is 1.88 bits per heavy atom. The standard InChI is InChI=1S/C18H18N4O2/c1-22-16(23)11-10-15(21-22)18(24)20-17(13-7-3-2-4-8-13)14-9-5-6-12-19-14/h2-9,12,17H,10-11H2,1H3,(H,20,24)/t17-/m1/s1. The van der Waals surface area contributed by atoms with E-state index in [-0.39, 0.29) is 17.9 Å². The first-order valence-corrected chi connectivity index (χ1v) is 7.76. The van der Waals surface area contributed by atoms with Gasteiger partial charge < -0.3 is 5.32 Å². The molecule has 1 aromatic heterocycles. The van der Waals surface area contributed by atoms with Crippen LogP contribution in [0.2, 0.25) is 0 Å². The molecule has 1 aromatic carbocycles. The summed E-state index contributed by atoms with van der Waals surface area (Å²) in [5.74, 6) is -0.371. The molecular weight excluding hydrogens is 304 g/mol. The van der Waals surface area contributed by atoms with Crippen molar-refractivity contribution >= 4 is 17.5 Å². The zero-order valence-corrected chi connectivity index (χ0v) is 13.3. The summed E-state index contributed by atoms with van der Waals surface area (Å²) in [6, 6.07) is 14.9. The molecule has 0 unspecified atom stereocenters. The van der Waals surface area contributed by atoms with Gasteiger partial charge in [-0.05, 0) is 17.7 Å². The van der Waals surface area contributed by atoms with Gasteiger partial charge in [0, 0.05) is 26.1 Å². The van der Waals surface area contributed by atoms with E-state index < -0.39 is 0 Å². The molecule has 1 aliphatic rings. The summed E-state index contributed by atoms with van der Waals surface area (Å²) in [7, 11) is 1.56. The number of hydrogen-bond acceptors (Lipinski definition) is 4. The van der Waals surface area contributed by atoms with Crippen LogP contribution < -0.4 is 5.32 Å². The van der Waals surface area contributed by atoms with Crippen molar-refractivity contribution in [2.75, 3.05) is 7.05 Å². The number of amides is 2. The van der Waals surface area contributed by atoms with Crippen LogP contribution in [0.25, 0.3) is 0 Å². The molecule has 0 saturated heterocycles. The van der Waals surface area contributed by atoms with Crippen molar-refractivity contribution in [1.29, 1.82) is 0 Å². The zero-order valence-electron chi connectivity index (χ0n) is 13.3. The van der Waals surface area contributed by atoms with E-state index >= 15 is 0 Å². The molecule has 6 heteroatoms. The molecule has 2 amide bonds. The molecule has 2 heterocycles. The Labute approximate surface area is 140 Å². The third kappa shape index (κ3) is 3.48. The smallest absolute Gasteiger partial charge is 0.268 e. The minimum atomic E-state index is -0.370. The Bertz CT molecular complexity index is 720. The van der Waals surface area contributed by atoms with E-state index in [1.54, 1.807) is 13.2 Å². The Kier molecular flexibility index (Phi) is 4.65. The number of hydrogen-bond donors (Lipinski definition) is 1.